The number of rotatable bonds is 0. The van der Waals surface area contributed by atoms with Crippen molar-refractivity contribution in [1.29, 1.82) is 0 Å². The van der Waals surface area contributed by atoms with Crippen LogP contribution in [0.2, 0.25) is 5.02 Å². The Kier molecular flexibility index (Phi) is 1.76. The zero-order valence-corrected chi connectivity index (χ0v) is 7.19. The maximum Gasteiger partial charge on any atom is 0.284 e. The van der Waals surface area contributed by atoms with Gasteiger partial charge in [0.15, 0.2) is 6.10 Å². The number of halogens is 1. The fraction of sp³-hybridized carbons (Fsp3) is 0.125. The Labute approximate surface area is 78.9 Å². The van der Waals surface area contributed by atoms with Crippen LogP contribution in [0.25, 0.3) is 0 Å². The van der Waals surface area contributed by atoms with E-state index in [0.717, 1.165) is 0 Å². The summed E-state index contributed by atoms with van der Waals surface area (Å²) in [6.45, 7) is 0. The molecule has 1 aromatic rings. The SMILES string of the molecule is O=C1C(O)c2ccc(Cl)cc2N1O. The van der Waals surface area contributed by atoms with E-state index < -0.39 is 12.0 Å². The molecule has 0 fully saturated rings. The van der Waals surface area contributed by atoms with E-state index >= 15 is 0 Å². The zero-order valence-electron chi connectivity index (χ0n) is 6.44. The Morgan fingerprint density at radius 2 is 2.15 bits per heavy atom. The van der Waals surface area contributed by atoms with Gasteiger partial charge in [-0.05, 0) is 12.1 Å². The first kappa shape index (κ1) is 8.50. The van der Waals surface area contributed by atoms with Crippen molar-refractivity contribution in [1.82, 2.24) is 0 Å². The van der Waals surface area contributed by atoms with Crippen molar-refractivity contribution in [3.8, 4) is 0 Å². The zero-order chi connectivity index (χ0) is 9.59. The van der Waals surface area contributed by atoms with Crippen molar-refractivity contribution in [3.05, 3.63) is 28.8 Å². The van der Waals surface area contributed by atoms with Crippen molar-refractivity contribution < 1.29 is 15.1 Å². The van der Waals surface area contributed by atoms with Gasteiger partial charge in [-0.3, -0.25) is 10.0 Å². The number of anilines is 1. The predicted molar refractivity (Wildman–Crippen MR) is 45.7 cm³/mol. The Morgan fingerprint density at radius 1 is 1.46 bits per heavy atom. The molecule has 5 heteroatoms. The van der Waals surface area contributed by atoms with Gasteiger partial charge in [-0.1, -0.05) is 17.7 Å². The highest BCUT2D eigenvalue weighted by Gasteiger charge is 2.35. The third-order valence-corrected chi connectivity index (χ3v) is 2.19. The average molecular weight is 200 g/mol. The van der Waals surface area contributed by atoms with Crippen molar-refractivity contribution in [2.24, 2.45) is 0 Å². The lowest BCUT2D eigenvalue weighted by Crippen LogP contribution is -2.24. The van der Waals surface area contributed by atoms with Gasteiger partial charge in [-0.2, -0.15) is 5.06 Å². The number of nitrogens with zero attached hydrogens (tertiary/aromatic N) is 1. The van der Waals surface area contributed by atoms with E-state index in [1.807, 2.05) is 0 Å². The van der Waals surface area contributed by atoms with Crippen LogP contribution in [0, 0.1) is 0 Å². The van der Waals surface area contributed by atoms with E-state index in [-0.39, 0.29) is 5.69 Å². The first-order valence-electron chi connectivity index (χ1n) is 3.61. The van der Waals surface area contributed by atoms with Crippen LogP contribution in [0.3, 0.4) is 0 Å². The summed E-state index contributed by atoms with van der Waals surface area (Å²) in [4.78, 5) is 11.1. The lowest BCUT2D eigenvalue weighted by atomic mass is 10.1. The molecule has 13 heavy (non-hydrogen) atoms. The predicted octanol–water partition coefficient (Wildman–Crippen LogP) is 1.11. The minimum Gasteiger partial charge on any atom is -0.378 e. The molecular formula is C8H6ClNO3. The summed E-state index contributed by atoms with van der Waals surface area (Å²) in [6, 6.07) is 4.48. The molecule has 1 aliphatic heterocycles. The average Bonchev–Trinajstić information content (AvgIpc) is 2.32. The molecule has 68 valence electrons. The lowest BCUT2D eigenvalue weighted by Gasteiger charge is -2.06. The summed E-state index contributed by atoms with van der Waals surface area (Å²) in [7, 11) is 0. The highest BCUT2D eigenvalue weighted by Crippen LogP contribution is 2.36. The van der Waals surface area contributed by atoms with Crippen molar-refractivity contribution >= 4 is 23.2 Å². The molecule has 0 aromatic heterocycles. The molecule has 0 radical (unpaired) electrons. The van der Waals surface area contributed by atoms with Crippen molar-refractivity contribution in [2.45, 2.75) is 6.10 Å². The number of fused-ring (bicyclic) bond motifs is 1. The number of carbonyl (C=O) groups is 1. The van der Waals surface area contributed by atoms with Gasteiger partial charge in [0.1, 0.15) is 0 Å². The fourth-order valence-electron chi connectivity index (χ4n) is 1.30. The molecule has 1 atom stereocenters. The molecule has 1 amide bonds. The summed E-state index contributed by atoms with van der Waals surface area (Å²) < 4.78 is 0. The molecule has 0 saturated heterocycles. The summed E-state index contributed by atoms with van der Waals surface area (Å²) in [5.74, 6) is -0.753. The van der Waals surface area contributed by atoms with Crippen LogP contribution in [-0.4, -0.2) is 16.2 Å². The van der Waals surface area contributed by atoms with Gasteiger partial charge in [0, 0.05) is 10.6 Å². The van der Waals surface area contributed by atoms with E-state index in [2.05, 4.69) is 0 Å². The number of aliphatic hydroxyl groups is 1. The molecule has 0 aliphatic carbocycles. The van der Waals surface area contributed by atoms with Gasteiger partial charge in [0.2, 0.25) is 0 Å². The molecule has 1 unspecified atom stereocenters. The van der Waals surface area contributed by atoms with Gasteiger partial charge in [-0.25, -0.2) is 0 Å². The highest BCUT2D eigenvalue weighted by molar-refractivity contribution is 6.31. The molecule has 1 heterocycles. The van der Waals surface area contributed by atoms with Gasteiger partial charge in [-0.15, -0.1) is 0 Å². The summed E-state index contributed by atoms with van der Waals surface area (Å²) >= 11 is 5.65. The number of benzene rings is 1. The second-order valence-corrected chi connectivity index (χ2v) is 3.19. The standard InChI is InChI=1S/C8H6ClNO3/c9-4-1-2-5-6(3-4)10(13)8(12)7(5)11/h1-3,7,11,13H. The van der Waals surface area contributed by atoms with Crippen LogP contribution >= 0.6 is 11.6 Å². The van der Waals surface area contributed by atoms with Crippen LogP contribution in [0.5, 0.6) is 0 Å². The minimum absolute atomic E-state index is 0.241. The second-order valence-electron chi connectivity index (χ2n) is 2.76. The molecule has 2 rings (SSSR count). The summed E-state index contributed by atoms with van der Waals surface area (Å²) in [5, 5.41) is 19.3. The Balaban J connectivity index is 2.60. The third kappa shape index (κ3) is 1.11. The second kappa shape index (κ2) is 2.70. The van der Waals surface area contributed by atoms with Crippen LogP contribution < -0.4 is 5.06 Å². The molecule has 0 spiro atoms. The van der Waals surface area contributed by atoms with Crippen LogP contribution in [0.1, 0.15) is 11.7 Å². The molecule has 0 bridgehead atoms. The lowest BCUT2D eigenvalue weighted by molar-refractivity contribution is -0.130. The monoisotopic (exact) mass is 199 g/mol. The van der Waals surface area contributed by atoms with E-state index in [9.17, 15) is 15.1 Å². The molecular weight excluding hydrogens is 194 g/mol. The van der Waals surface area contributed by atoms with E-state index in [4.69, 9.17) is 11.6 Å². The highest BCUT2D eigenvalue weighted by atomic mass is 35.5. The van der Waals surface area contributed by atoms with Crippen LogP contribution in [0.15, 0.2) is 18.2 Å². The fourth-order valence-corrected chi connectivity index (χ4v) is 1.47. The Hall–Kier alpha value is -1.10. The molecule has 1 aliphatic rings. The number of amides is 1. The van der Waals surface area contributed by atoms with Gasteiger partial charge in [0.05, 0.1) is 5.69 Å². The quantitative estimate of drug-likeness (QED) is 0.616. The smallest absolute Gasteiger partial charge is 0.284 e. The largest absolute Gasteiger partial charge is 0.378 e. The van der Waals surface area contributed by atoms with Crippen LogP contribution in [-0.2, 0) is 4.79 Å². The number of aliphatic hydroxyl groups excluding tert-OH is 1. The topological polar surface area (TPSA) is 60.8 Å². The first-order chi connectivity index (χ1) is 6.11. The number of hydroxylamine groups is 1. The summed E-state index contributed by atoms with van der Waals surface area (Å²) in [6.07, 6.45) is -1.28. The van der Waals surface area contributed by atoms with E-state index in [0.29, 0.717) is 15.6 Å². The van der Waals surface area contributed by atoms with Gasteiger partial charge in [0.25, 0.3) is 5.91 Å². The van der Waals surface area contributed by atoms with E-state index in [1.165, 1.54) is 12.1 Å². The molecule has 4 nitrogen and oxygen atoms in total. The first-order valence-corrected chi connectivity index (χ1v) is 3.99. The minimum atomic E-state index is -1.28. The van der Waals surface area contributed by atoms with Crippen LogP contribution in [0.4, 0.5) is 5.69 Å². The Morgan fingerprint density at radius 3 is 2.85 bits per heavy atom. The summed E-state index contributed by atoms with van der Waals surface area (Å²) in [5.41, 5.74) is 0.613. The maximum atomic E-state index is 11.1. The van der Waals surface area contributed by atoms with Crippen molar-refractivity contribution in [2.75, 3.05) is 5.06 Å². The number of hydrogen-bond acceptors (Lipinski definition) is 3. The van der Waals surface area contributed by atoms with Gasteiger partial charge >= 0.3 is 0 Å². The van der Waals surface area contributed by atoms with E-state index in [1.54, 1.807) is 6.07 Å². The van der Waals surface area contributed by atoms with Gasteiger partial charge < -0.3 is 5.11 Å². The molecule has 1 aromatic carbocycles. The maximum absolute atomic E-state index is 11.1. The third-order valence-electron chi connectivity index (χ3n) is 1.96. The normalized spacial score (nSPS) is 20.7. The number of carbonyl (C=O) groups excluding carboxylic acids is 1. The Bertz CT molecular complexity index is 380. The molecule has 2 N–H and O–H groups in total. The number of hydrogen-bond donors (Lipinski definition) is 2. The molecule has 0 saturated carbocycles. The van der Waals surface area contributed by atoms with Crippen molar-refractivity contribution in [3.63, 3.8) is 0 Å².